The summed E-state index contributed by atoms with van der Waals surface area (Å²) in [5.74, 6) is 0.711. The van der Waals surface area contributed by atoms with Gasteiger partial charge in [0, 0.05) is 18.5 Å². The third kappa shape index (κ3) is 3.44. The molecular weight excluding hydrogens is 324 g/mol. The van der Waals surface area contributed by atoms with Gasteiger partial charge in [-0.15, -0.1) is 11.3 Å². The number of nitrogens with zero attached hydrogens (tertiary/aromatic N) is 2. The highest BCUT2D eigenvalue weighted by atomic mass is 32.1. The van der Waals surface area contributed by atoms with E-state index in [0.29, 0.717) is 18.8 Å². The number of rotatable bonds is 3. The van der Waals surface area contributed by atoms with Crippen LogP contribution in [0.1, 0.15) is 31.3 Å². The number of hydrogen-bond donors (Lipinski definition) is 0. The van der Waals surface area contributed by atoms with E-state index in [0.717, 1.165) is 16.3 Å². The van der Waals surface area contributed by atoms with E-state index in [1.165, 1.54) is 11.3 Å². The van der Waals surface area contributed by atoms with Gasteiger partial charge in [-0.1, -0.05) is 12.1 Å². The number of para-hydroxylation sites is 1. The molecule has 1 aliphatic rings. The lowest BCUT2D eigenvalue weighted by Gasteiger charge is -2.41. The average Bonchev–Trinajstić information content (AvgIpc) is 3.02. The van der Waals surface area contributed by atoms with Crippen molar-refractivity contribution in [2.45, 2.75) is 32.5 Å². The summed E-state index contributed by atoms with van der Waals surface area (Å²) in [6, 6.07) is 7.70. The fraction of sp³-hybridized carbons (Fsp3) is 0.444. The summed E-state index contributed by atoms with van der Waals surface area (Å²) in [5, 5.41) is 2.61. The number of hydrogen-bond acceptors (Lipinski definition) is 5. The van der Waals surface area contributed by atoms with Crippen molar-refractivity contribution in [3.63, 3.8) is 0 Å². The fourth-order valence-electron chi connectivity index (χ4n) is 3.09. The lowest BCUT2D eigenvalue weighted by molar-refractivity contribution is -0.118. The quantitative estimate of drug-likeness (QED) is 0.854. The molecule has 24 heavy (non-hydrogen) atoms. The number of ether oxygens (including phenoxy) is 2. The van der Waals surface area contributed by atoms with E-state index in [2.05, 4.69) is 4.98 Å². The second-order valence-corrected chi connectivity index (χ2v) is 7.47. The first-order valence-corrected chi connectivity index (χ1v) is 8.83. The molecule has 1 atom stereocenters. The summed E-state index contributed by atoms with van der Waals surface area (Å²) >= 11 is 1.46. The van der Waals surface area contributed by atoms with E-state index in [9.17, 15) is 4.79 Å². The van der Waals surface area contributed by atoms with Gasteiger partial charge in [0.15, 0.2) is 0 Å². The molecule has 1 unspecified atom stereocenters. The van der Waals surface area contributed by atoms with Crippen LogP contribution in [0.4, 0.5) is 0 Å². The second-order valence-electron chi connectivity index (χ2n) is 6.61. The number of aromatic nitrogens is 1. The summed E-state index contributed by atoms with van der Waals surface area (Å²) in [7, 11) is 1.63. The highest BCUT2D eigenvalue weighted by molar-refractivity contribution is 7.13. The molecule has 1 saturated heterocycles. The van der Waals surface area contributed by atoms with Crippen molar-refractivity contribution in [2.75, 3.05) is 20.2 Å². The maximum absolute atomic E-state index is 12.8. The van der Waals surface area contributed by atoms with Gasteiger partial charge in [-0.2, -0.15) is 0 Å². The van der Waals surface area contributed by atoms with Crippen molar-refractivity contribution >= 4 is 17.2 Å². The Balaban J connectivity index is 1.84. The van der Waals surface area contributed by atoms with Crippen LogP contribution in [0.5, 0.6) is 5.75 Å². The van der Waals surface area contributed by atoms with Gasteiger partial charge in [-0.3, -0.25) is 4.79 Å². The van der Waals surface area contributed by atoms with Gasteiger partial charge >= 0.3 is 0 Å². The molecule has 6 heteroatoms. The van der Waals surface area contributed by atoms with Crippen molar-refractivity contribution in [1.29, 1.82) is 0 Å². The van der Waals surface area contributed by atoms with Crippen LogP contribution in [0.2, 0.25) is 0 Å². The Morgan fingerprint density at radius 3 is 2.88 bits per heavy atom. The van der Waals surface area contributed by atoms with E-state index in [-0.39, 0.29) is 17.6 Å². The van der Waals surface area contributed by atoms with E-state index in [1.807, 2.05) is 55.3 Å². The highest BCUT2D eigenvalue weighted by Gasteiger charge is 2.34. The van der Waals surface area contributed by atoms with Crippen LogP contribution in [-0.4, -0.2) is 47.7 Å². The predicted molar refractivity (Wildman–Crippen MR) is 94.6 cm³/mol. The Hall–Kier alpha value is -1.92. The Morgan fingerprint density at radius 1 is 1.42 bits per heavy atom. The van der Waals surface area contributed by atoms with E-state index in [1.54, 1.807) is 7.11 Å². The normalized spacial score (nSPS) is 20.0. The number of benzene rings is 1. The number of amides is 1. The molecule has 2 aromatic rings. The highest BCUT2D eigenvalue weighted by Crippen LogP contribution is 2.32. The Morgan fingerprint density at radius 2 is 2.17 bits per heavy atom. The Kier molecular flexibility index (Phi) is 4.60. The molecule has 0 spiro atoms. The number of methoxy groups -OCH3 is 1. The molecule has 1 amide bonds. The molecule has 5 nitrogen and oxygen atoms in total. The molecule has 128 valence electrons. The standard InChI is InChI=1S/C18H22N2O3S/c1-12-9-20(11-18(2,3)23-12)17(21)14-10-24-16(19-14)13-7-5-6-8-15(13)22-4/h5-8,10,12H,9,11H2,1-4H3. The number of carbonyl (C=O) groups is 1. The maximum atomic E-state index is 12.8. The SMILES string of the molecule is COc1ccccc1-c1nc(C(=O)N2CC(C)OC(C)(C)C2)cs1. The second kappa shape index (κ2) is 6.53. The molecule has 1 aliphatic heterocycles. The van der Waals surface area contributed by atoms with Gasteiger partial charge < -0.3 is 14.4 Å². The lowest BCUT2D eigenvalue weighted by Crippen LogP contribution is -2.53. The average molecular weight is 346 g/mol. The van der Waals surface area contributed by atoms with Crippen molar-refractivity contribution < 1.29 is 14.3 Å². The molecule has 1 fully saturated rings. The summed E-state index contributed by atoms with van der Waals surface area (Å²) in [6.45, 7) is 7.15. The zero-order chi connectivity index (χ0) is 17.3. The van der Waals surface area contributed by atoms with Crippen LogP contribution in [-0.2, 0) is 4.74 Å². The van der Waals surface area contributed by atoms with Crippen molar-refractivity contribution in [3.05, 3.63) is 35.3 Å². The zero-order valence-electron chi connectivity index (χ0n) is 14.4. The number of morpholine rings is 1. The number of carbonyl (C=O) groups excluding carboxylic acids is 1. The molecular formula is C18H22N2O3S. The largest absolute Gasteiger partial charge is 0.496 e. The van der Waals surface area contributed by atoms with Gasteiger partial charge in [0.25, 0.3) is 5.91 Å². The predicted octanol–water partition coefficient (Wildman–Crippen LogP) is 3.46. The molecule has 3 rings (SSSR count). The summed E-state index contributed by atoms with van der Waals surface area (Å²) in [6.07, 6.45) is 0.0185. The van der Waals surface area contributed by atoms with Gasteiger partial charge in [-0.05, 0) is 32.9 Å². The topological polar surface area (TPSA) is 51.7 Å². The smallest absolute Gasteiger partial charge is 0.273 e. The van der Waals surface area contributed by atoms with Gasteiger partial charge in [0.1, 0.15) is 16.5 Å². The summed E-state index contributed by atoms with van der Waals surface area (Å²) in [5.41, 5.74) is 1.04. The van der Waals surface area contributed by atoms with E-state index in [4.69, 9.17) is 9.47 Å². The van der Waals surface area contributed by atoms with Crippen molar-refractivity contribution in [3.8, 4) is 16.3 Å². The third-order valence-electron chi connectivity index (χ3n) is 3.92. The first kappa shape index (κ1) is 16.9. The minimum absolute atomic E-state index is 0.0185. The van der Waals surface area contributed by atoms with E-state index < -0.39 is 0 Å². The van der Waals surface area contributed by atoms with Crippen molar-refractivity contribution in [2.24, 2.45) is 0 Å². The first-order valence-electron chi connectivity index (χ1n) is 7.95. The lowest BCUT2D eigenvalue weighted by atomic mass is 10.1. The molecule has 0 N–H and O–H groups in total. The fourth-order valence-corrected chi connectivity index (χ4v) is 3.91. The van der Waals surface area contributed by atoms with Crippen LogP contribution in [0.15, 0.2) is 29.6 Å². The van der Waals surface area contributed by atoms with Crippen LogP contribution in [0, 0.1) is 0 Å². The van der Waals surface area contributed by atoms with Gasteiger partial charge in [0.2, 0.25) is 0 Å². The molecule has 0 aliphatic carbocycles. The van der Waals surface area contributed by atoms with Crippen LogP contribution in [0.25, 0.3) is 10.6 Å². The molecule has 2 heterocycles. The van der Waals surface area contributed by atoms with Crippen LogP contribution in [0.3, 0.4) is 0 Å². The first-order chi connectivity index (χ1) is 11.4. The Labute approximate surface area is 146 Å². The zero-order valence-corrected chi connectivity index (χ0v) is 15.2. The van der Waals surface area contributed by atoms with Crippen molar-refractivity contribution in [1.82, 2.24) is 9.88 Å². The molecule has 0 radical (unpaired) electrons. The molecule has 0 saturated carbocycles. The molecule has 1 aromatic heterocycles. The summed E-state index contributed by atoms with van der Waals surface area (Å²) in [4.78, 5) is 19.2. The minimum Gasteiger partial charge on any atom is -0.496 e. The number of thiazole rings is 1. The monoisotopic (exact) mass is 346 g/mol. The van der Waals surface area contributed by atoms with Crippen LogP contribution >= 0.6 is 11.3 Å². The van der Waals surface area contributed by atoms with E-state index >= 15 is 0 Å². The summed E-state index contributed by atoms with van der Waals surface area (Å²) < 4.78 is 11.2. The molecule has 1 aromatic carbocycles. The Bertz CT molecular complexity index is 741. The van der Waals surface area contributed by atoms with Crippen LogP contribution < -0.4 is 4.74 Å². The third-order valence-corrected chi connectivity index (χ3v) is 4.79. The van der Waals surface area contributed by atoms with Gasteiger partial charge in [0.05, 0.1) is 24.4 Å². The minimum atomic E-state index is -0.338. The van der Waals surface area contributed by atoms with Gasteiger partial charge in [-0.25, -0.2) is 4.98 Å². The molecule has 0 bridgehead atoms. The maximum Gasteiger partial charge on any atom is 0.273 e.